The first-order valence-corrected chi connectivity index (χ1v) is 7.49. The van der Waals surface area contributed by atoms with Crippen molar-refractivity contribution in [2.45, 2.75) is 6.61 Å². The molecule has 24 heavy (non-hydrogen) atoms. The summed E-state index contributed by atoms with van der Waals surface area (Å²) in [4.78, 5) is 4.17. The number of para-hydroxylation sites is 1. The fourth-order valence-electron chi connectivity index (χ4n) is 2.39. The average Bonchev–Trinajstić information content (AvgIpc) is 3.33. The fraction of sp³-hybridized carbons (Fsp3) is 0.0556. The van der Waals surface area contributed by atoms with Gasteiger partial charge in [-0.15, -0.1) is 0 Å². The molecule has 6 nitrogen and oxygen atoms in total. The van der Waals surface area contributed by atoms with E-state index in [0.29, 0.717) is 18.2 Å². The Kier molecular flexibility index (Phi) is 3.77. The van der Waals surface area contributed by atoms with Gasteiger partial charge in [-0.3, -0.25) is 5.10 Å². The summed E-state index contributed by atoms with van der Waals surface area (Å²) in [7, 11) is 0. The second-order valence-electron chi connectivity index (χ2n) is 5.17. The topological polar surface area (TPSA) is 76.8 Å². The third kappa shape index (κ3) is 2.89. The van der Waals surface area contributed by atoms with Crippen molar-refractivity contribution in [1.82, 2.24) is 20.3 Å². The molecule has 0 unspecified atom stereocenters. The van der Waals surface area contributed by atoms with Crippen molar-refractivity contribution >= 4 is 0 Å². The Morgan fingerprint density at radius 1 is 1.00 bits per heavy atom. The summed E-state index contributed by atoms with van der Waals surface area (Å²) in [5.74, 6) is 2.09. The molecule has 0 aliphatic heterocycles. The minimum absolute atomic E-state index is 0.307. The highest BCUT2D eigenvalue weighted by atomic mass is 16.5. The summed E-state index contributed by atoms with van der Waals surface area (Å²) >= 11 is 0. The molecule has 0 saturated heterocycles. The van der Waals surface area contributed by atoms with E-state index >= 15 is 0 Å². The highest BCUT2D eigenvalue weighted by molar-refractivity contribution is 5.63. The molecule has 0 saturated carbocycles. The van der Waals surface area contributed by atoms with Crippen molar-refractivity contribution in [1.29, 1.82) is 0 Å². The SMILES string of the molecule is c1ccc(-c2cc(COc3ccccc3-c3ncn[nH]3)no2)cc1. The van der Waals surface area contributed by atoms with E-state index in [4.69, 9.17) is 9.26 Å². The number of benzene rings is 2. The molecule has 0 aliphatic carbocycles. The van der Waals surface area contributed by atoms with Crippen LogP contribution in [0.4, 0.5) is 0 Å². The predicted octanol–water partition coefficient (Wildman–Crippen LogP) is 3.71. The van der Waals surface area contributed by atoms with Gasteiger partial charge in [-0.2, -0.15) is 5.10 Å². The summed E-state index contributed by atoms with van der Waals surface area (Å²) in [6.07, 6.45) is 1.47. The number of aromatic amines is 1. The number of hydrogen-bond acceptors (Lipinski definition) is 5. The Labute approximate surface area is 138 Å². The monoisotopic (exact) mass is 318 g/mol. The van der Waals surface area contributed by atoms with Gasteiger partial charge in [0.05, 0.1) is 5.56 Å². The fourth-order valence-corrected chi connectivity index (χ4v) is 2.39. The first-order chi connectivity index (χ1) is 11.9. The molecule has 118 valence electrons. The Morgan fingerprint density at radius 3 is 2.67 bits per heavy atom. The average molecular weight is 318 g/mol. The van der Waals surface area contributed by atoms with Crippen LogP contribution in [-0.2, 0) is 6.61 Å². The highest BCUT2D eigenvalue weighted by Gasteiger charge is 2.11. The predicted molar refractivity (Wildman–Crippen MR) is 88.1 cm³/mol. The van der Waals surface area contributed by atoms with Crippen LogP contribution in [0.5, 0.6) is 5.75 Å². The summed E-state index contributed by atoms with van der Waals surface area (Å²) in [5, 5.41) is 10.8. The number of rotatable bonds is 5. The van der Waals surface area contributed by atoms with Crippen LogP contribution in [0.1, 0.15) is 5.69 Å². The molecule has 2 heterocycles. The minimum Gasteiger partial charge on any atom is -0.486 e. The molecule has 0 bridgehead atoms. The van der Waals surface area contributed by atoms with Crippen molar-refractivity contribution < 1.29 is 9.26 Å². The number of nitrogens with one attached hydrogen (secondary N) is 1. The summed E-state index contributed by atoms with van der Waals surface area (Å²) < 4.78 is 11.3. The zero-order valence-corrected chi connectivity index (χ0v) is 12.7. The summed E-state index contributed by atoms with van der Waals surface area (Å²) in [6, 6.07) is 19.4. The summed E-state index contributed by atoms with van der Waals surface area (Å²) in [6.45, 7) is 0.307. The first-order valence-electron chi connectivity index (χ1n) is 7.49. The van der Waals surface area contributed by atoms with Crippen LogP contribution in [0.25, 0.3) is 22.7 Å². The van der Waals surface area contributed by atoms with Gasteiger partial charge in [-0.1, -0.05) is 47.6 Å². The second-order valence-corrected chi connectivity index (χ2v) is 5.17. The second kappa shape index (κ2) is 6.37. The maximum absolute atomic E-state index is 5.89. The zero-order chi connectivity index (χ0) is 16.2. The van der Waals surface area contributed by atoms with Crippen LogP contribution < -0.4 is 4.74 Å². The molecule has 4 aromatic rings. The van der Waals surface area contributed by atoms with Crippen LogP contribution in [0, 0.1) is 0 Å². The van der Waals surface area contributed by atoms with Crippen LogP contribution in [-0.4, -0.2) is 20.3 Å². The molecule has 0 spiro atoms. The van der Waals surface area contributed by atoms with Crippen molar-refractivity contribution in [2.75, 3.05) is 0 Å². The van der Waals surface area contributed by atoms with Crippen LogP contribution in [0.2, 0.25) is 0 Å². The maximum atomic E-state index is 5.89. The number of nitrogens with zero attached hydrogens (tertiary/aromatic N) is 3. The van der Waals surface area contributed by atoms with Gasteiger partial charge in [0.25, 0.3) is 0 Å². The lowest BCUT2D eigenvalue weighted by atomic mass is 10.1. The molecule has 0 atom stereocenters. The van der Waals surface area contributed by atoms with Crippen LogP contribution in [0.3, 0.4) is 0 Å². The Bertz CT molecular complexity index is 917. The van der Waals surface area contributed by atoms with Crippen LogP contribution >= 0.6 is 0 Å². The Hall–Kier alpha value is -3.41. The van der Waals surface area contributed by atoms with E-state index in [1.807, 2.05) is 60.7 Å². The van der Waals surface area contributed by atoms with Gasteiger partial charge in [-0.05, 0) is 12.1 Å². The first kappa shape index (κ1) is 14.2. The molecule has 4 rings (SSSR count). The largest absolute Gasteiger partial charge is 0.486 e. The lowest BCUT2D eigenvalue weighted by Crippen LogP contribution is -1.97. The molecule has 0 radical (unpaired) electrons. The third-order valence-corrected chi connectivity index (χ3v) is 3.55. The zero-order valence-electron chi connectivity index (χ0n) is 12.7. The standard InChI is InChI=1S/C18H14N4O2/c1-2-6-13(7-3-1)17-10-14(22-24-17)11-23-16-9-5-4-8-15(16)18-19-12-20-21-18/h1-10,12H,11H2,(H,19,20,21). The van der Waals surface area contributed by atoms with Gasteiger partial charge >= 0.3 is 0 Å². The molecular weight excluding hydrogens is 304 g/mol. The Morgan fingerprint density at radius 2 is 1.83 bits per heavy atom. The smallest absolute Gasteiger partial charge is 0.167 e. The van der Waals surface area contributed by atoms with Gasteiger partial charge in [0.1, 0.15) is 24.4 Å². The van der Waals surface area contributed by atoms with Crippen LogP contribution in [0.15, 0.2) is 71.5 Å². The van der Waals surface area contributed by atoms with E-state index in [-0.39, 0.29) is 0 Å². The van der Waals surface area contributed by atoms with E-state index in [2.05, 4.69) is 20.3 Å². The molecule has 2 aromatic heterocycles. The van der Waals surface area contributed by atoms with Gasteiger partial charge in [-0.25, -0.2) is 4.98 Å². The molecular formula is C18H14N4O2. The van der Waals surface area contributed by atoms with E-state index in [0.717, 1.165) is 22.6 Å². The molecule has 0 fully saturated rings. The van der Waals surface area contributed by atoms with E-state index < -0.39 is 0 Å². The van der Waals surface area contributed by atoms with E-state index in [9.17, 15) is 0 Å². The number of hydrogen-bond donors (Lipinski definition) is 1. The number of ether oxygens (including phenoxy) is 1. The highest BCUT2D eigenvalue weighted by Crippen LogP contribution is 2.27. The van der Waals surface area contributed by atoms with Crippen molar-refractivity contribution in [3.8, 4) is 28.5 Å². The van der Waals surface area contributed by atoms with Gasteiger partial charge in [0, 0.05) is 11.6 Å². The molecule has 1 N–H and O–H groups in total. The van der Waals surface area contributed by atoms with Crippen molar-refractivity contribution in [2.24, 2.45) is 0 Å². The minimum atomic E-state index is 0.307. The van der Waals surface area contributed by atoms with Crippen molar-refractivity contribution in [3.63, 3.8) is 0 Å². The lowest BCUT2D eigenvalue weighted by molar-refractivity contribution is 0.291. The quantitative estimate of drug-likeness (QED) is 0.607. The summed E-state index contributed by atoms with van der Waals surface area (Å²) in [5.41, 5.74) is 2.56. The van der Waals surface area contributed by atoms with E-state index in [1.165, 1.54) is 6.33 Å². The molecule has 0 aliphatic rings. The van der Waals surface area contributed by atoms with Gasteiger partial charge < -0.3 is 9.26 Å². The lowest BCUT2D eigenvalue weighted by Gasteiger charge is -2.07. The van der Waals surface area contributed by atoms with E-state index in [1.54, 1.807) is 0 Å². The number of H-pyrrole nitrogens is 1. The van der Waals surface area contributed by atoms with Crippen molar-refractivity contribution in [3.05, 3.63) is 72.7 Å². The molecule has 6 heteroatoms. The molecule has 0 amide bonds. The number of aromatic nitrogens is 4. The molecule has 2 aromatic carbocycles. The Balaban J connectivity index is 1.51. The maximum Gasteiger partial charge on any atom is 0.167 e. The third-order valence-electron chi connectivity index (χ3n) is 3.55. The van der Waals surface area contributed by atoms with Gasteiger partial charge in [0.15, 0.2) is 11.6 Å². The normalized spacial score (nSPS) is 10.7. The van der Waals surface area contributed by atoms with Gasteiger partial charge in [0.2, 0.25) is 0 Å².